The maximum atomic E-state index is 5.41. The largest absolute Gasteiger partial charge is 0.463 e. The number of benzene rings is 1. The number of nitrogens with one attached hydrogen (secondary N) is 1. The Morgan fingerprint density at radius 2 is 2.38 bits per heavy atom. The normalized spacial score (nSPS) is 20.7. The fourth-order valence-electron chi connectivity index (χ4n) is 2.39. The van der Waals surface area contributed by atoms with Gasteiger partial charge in [-0.1, -0.05) is 6.07 Å². The summed E-state index contributed by atoms with van der Waals surface area (Å²) >= 11 is 3.50. The van der Waals surface area contributed by atoms with Crippen molar-refractivity contribution in [2.24, 2.45) is 0 Å². The van der Waals surface area contributed by atoms with Crippen LogP contribution < -0.4 is 5.32 Å². The summed E-state index contributed by atoms with van der Waals surface area (Å²) in [6.45, 7) is 1.17. The molecule has 3 rings (SSSR count). The van der Waals surface area contributed by atoms with Crippen LogP contribution in [0.2, 0.25) is 0 Å². The summed E-state index contributed by atoms with van der Waals surface area (Å²) in [6, 6.07) is 7.11. The van der Waals surface area contributed by atoms with Crippen LogP contribution in [0.15, 0.2) is 33.4 Å². The van der Waals surface area contributed by atoms with Crippen molar-refractivity contribution >= 4 is 26.9 Å². The van der Waals surface area contributed by atoms with Crippen molar-refractivity contribution in [2.45, 2.75) is 25.3 Å². The lowest BCUT2D eigenvalue weighted by molar-refractivity contribution is 0.602. The Morgan fingerprint density at radius 3 is 3.19 bits per heavy atom. The number of hydrogen-bond acceptors (Lipinski definition) is 2. The van der Waals surface area contributed by atoms with E-state index in [1.54, 1.807) is 6.26 Å². The lowest BCUT2D eigenvalue weighted by atomic mass is 10.0. The monoisotopic (exact) mass is 279 g/mol. The molecule has 1 aromatic carbocycles. The molecule has 1 saturated heterocycles. The van der Waals surface area contributed by atoms with Crippen LogP contribution in [-0.2, 0) is 6.42 Å². The maximum Gasteiger partial charge on any atom is 0.135 e. The first-order valence-electron chi connectivity index (χ1n) is 5.72. The molecule has 2 aromatic rings. The molecule has 0 radical (unpaired) electrons. The third-order valence-corrected chi connectivity index (χ3v) is 3.85. The highest BCUT2D eigenvalue weighted by molar-refractivity contribution is 9.10. The highest BCUT2D eigenvalue weighted by Crippen LogP contribution is 2.27. The number of furan rings is 1. The van der Waals surface area contributed by atoms with Gasteiger partial charge in [0.25, 0.3) is 0 Å². The second kappa shape index (κ2) is 4.22. The van der Waals surface area contributed by atoms with Gasteiger partial charge >= 0.3 is 0 Å². The fraction of sp³-hybridized carbons (Fsp3) is 0.385. The summed E-state index contributed by atoms with van der Waals surface area (Å²) in [7, 11) is 0. The Hall–Kier alpha value is -0.800. The van der Waals surface area contributed by atoms with E-state index in [2.05, 4.69) is 39.4 Å². The molecule has 1 N–H and O–H groups in total. The predicted molar refractivity (Wildman–Crippen MR) is 68.6 cm³/mol. The van der Waals surface area contributed by atoms with Crippen molar-refractivity contribution in [3.63, 3.8) is 0 Å². The second-order valence-electron chi connectivity index (χ2n) is 4.41. The van der Waals surface area contributed by atoms with Gasteiger partial charge in [-0.05, 0) is 59.4 Å². The highest BCUT2D eigenvalue weighted by atomic mass is 79.9. The van der Waals surface area contributed by atoms with Crippen molar-refractivity contribution in [1.29, 1.82) is 0 Å². The zero-order valence-corrected chi connectivity index (χ0v) is 10.6. The van der Waals surface area contributed by atoms with Crippen LogP contribution in [0.3, 0.4) is 0 Å². The smallest absolute Gasteiger partial charge is 0.135 e. The zero-order chi connectivity index (χ0) is 11.0. The molecule has 3 heteroatoms. The van der Waals surface area contributed by atoms with Gasteiger partial charge < -0.3 is 9.73 Å². The third-order valence-electron chi connectivity index (χ3n) is 3.24. The molecule has 0 spiro atoms. The van der Waals surface area contributed by atoms with Crippen molar-refractivity contribution in [2.75, 3.05) is 6.54 Å². The van der Waals surface area contributed by atoms with Crippen molar-refractivity contribution in [3.05, 3.63) is 34.5 Å². The lowest BCUT2D eigenvalue weighted by Crippen LogP contribution is -2.23. The SMILES string of the molecule is Brc1coc2ccc(CC3CCCN3)cc12. The van der Waals surface area contributed by atoms with E-state index in [4.69, 9.17) is 4.42 Å². The minimum Gasteiger partial charge on any atom is -0.463 e. The quantitative estimate of drug-likeness (QED) is 0.911. The van der Waals surface area contributed by atoms with Gasteiger partial charge in [0.15, 0.2) is 0 Å². The van der Waals surface area contributed by atoms with Crippen LogP contribution in [0.5, 0.6) is 0 Å². The van der Waals surface area contributed by atoms with Crippen LogP contribution in [0.4, 0.5) is 0 Å². The van der Waals surface area contributed by atoms with Crippen LogP contribution in [0, 0.1) is 0 Å². The molecule has 0 aliphatic carbocycles. The van der Waals surface area contributed by atoms with Gasteiger partial charge in [-0.15, -0.1) is 0 Å². The van der Waals surface area contributed by atoms with Crippen LogP contribution in [-0.4, -0.2) is 12.6 Å². The van der Waals surface area contributed by atoms with Gasteiger partial charge in [-0.2, -0.15) is 0 Å². The summed E-state index contributed by atoms with van der Waals surface area (Å²) in [6.07, 6.45) is 5.47. The Balaban J connectivity index is 1.88. The van der Waals surface area contributed by atoms with Crippen molar-refractivity contribution in [1.82, 2.24) is 5.32 Å². The first-order valence-corrected chi connectivity index (χ1v) is 6.51. The molecule has 2 nitrogen and oxygen atoms in total. The maximum absolute atomic E-state index is 5.41. The van der Waals surface area contributed by atoms with Gasteiger partial charge in [0.1, 0.15) is 11.8 Å². The first kappa shape index (κ1) is 10.4. The molecule has 1 aliphatic heterocycles. The average molecular weight is 280 g/mol. The van der Waals surface area contributed by atoms with Crippen molar-refractivity contribution in [3.8, 4) is 0 Å². The molecular formula is C13H14BrNO. The van der Waals surface area contributed by atoms with E-state index in [9.17, 15) is 0 Å². The van der Waals surface area contributed by atoms with Crippen LogP contribution >= 0.6 is 15.9 Å². The number of fused-ring (bicyclic) bond motifs is 1. The van der Waals surface area contributed by atoms with Gasteiger partial charge in [-0.25, -0.2) is 0 Å². The van der Waals surface area contributed by atoms with Gasteiger partial charge in [0.2, 0.25) is 0 Å². The van der Waals surface area contributed by atoms with E-state index in [0.717, 1.165) is 16.5 Å². The van der Waals surface area contributed by atoms with E-state index in [-0.39, 0.29) is 0 Å². The van der Waals surface area contributed by atoms with Gasteiger partial charge in [0, 0.05) is 11.4 Å². The minimum absolute atomic E-state index is 0.656. The Morgan fingerprint density at radius 1 is 1.44 bits per heavy atom. The predicted octanol–water partition coefficient (Wildman–Crippen LogP) is 3.49. The van der Waals surface area contributed by atoms with E-state index >= 15 is 0 Å². The van der Waals surface area contributed by atoms with Crippen molar-refractivity contribution < 1.29 is 4.42 Å². The molecule has 1 fully saturated rings. The third kappa shape index (κ3) is 1.89. The Bertz CT molecular complexity index is 500. The molecule has 0 saturated carbocycles. The molecule has 2 heterocycles. The number of halogens is 1. The molecule has 84 valence electrons. The molecular weight excluding hydrogens is 266 g/mol. The molecule has 0 amide bonds. The van der Waals surface area contributed by atoms with Gasteiger partial charge in [-0.3, -0.25) is 0 Å². The number of hydrogen-bond donors (Lipinski definition) is 1. The van der Waals surface area contributed by atoms with E-state index in [1.165, 1.54) is 30.3 Å². The fourth-order valence-corrected chi connectivity index (χ4v) is 2.79. The summed E-state index contributed by atoms with van der Waals surface area (Å²) in [5.74, 6) is 0. The summed E-state index contributed by atoms with van der Waals surface area (Å²) in [5, 5.41) is 4.70. The second-order valence-corrected chi connectivity index (χ2v) is 5.27. The van der Waals surface area contributed by atoms with Crippen LogP contribution in [0.1, 0.15) is 18.4 Å². The Kier molecular flexibility index (Phi) is 2.74. The van der Waals surface area contributed by atoms with Gasteiger partial charge in [0.05, 0.1) is 4.47 Å². The minimum atomic E-state index is 0.656. The number of rotatable bonds is 2. The molecule has 1 aliphatic rings. The average Bonchev–Trinajstić information content (AvgIpc) is 2.90. The summed E-state index contributed by atoms with van der Waals surface area (Å²) in [5.41, 5.74) is 2.34. The lowest BCUT2D eigenvalue weighted by Gasteiger charge is -2.09. The Labute approximate surface area is 103 Å². The molecule has 1 aromatic heterocycles. The molecule has 1 atom stereocenters. The zero-order valence-electron chi connectivity index (χ0n) is 9.00. The topological polar surface area (TPSA) is 25.2 Å². The molecule has 1 unspecified atom stereocenters. The van der Waals surface area contributed by atoms with E-state index in [1.807, 2.05) is 0 Å². The van der Waals surface area contributed by atoms with Crippen LogP contribution in [0.25, 0.3) is 11.0 Å². The first-order chi connectivity index (χ1) is 7.83. The standard InChI is InChI=1S/C13H14BrNO/c14-12-8-16-13-4-3-9(7-11(12)13)6-10-2-1-5-15-10/h3-4,7-8,10,15H,1-2,5-6H2. The molecule has 0 bridgehead atoms. The highest BCUT2D eigenvalue weighted by Gasteiger charge is 2.14. The molecule has 16 heavy (non-hydrogen) atoms. The summed E-state index contributed by atoms with van der Waals surface area (Å²) < 4.78 is 6.46. The summed E-state index contributed by atoms with van der Waals surface area (Å²) in [4.78, 5) is 0. The van der Waals surface area contributed by atoms with E-state index in [0.29, 0.717) is 6.04 Å². The van der Waals surface area contributed by atoms with E-state index < -0.39 is 0 Å².